The zero-order valence-corrected chi connectivity index (χ0v) is 18.8. The molecule has 6 nitrogen and oxygen atoms in total. The summed E-state index contributed by atoms with van der Waals surface area (Å²) < 4.78 is 2.91. The number of fused-ring (bicyclic) bond motifs is 1. The molecule has 0 saturated heterocycles. The number of para-hydroxylation sites is 1. The van der Waals surface area contributed by atoms with Crippen LogP contribution in [0.5, 0.6) is 0 Å². The highest BCUT2D eigenvalue weighted by Gasteiger charge is 2.17. The number of amides is 1. The zero-order valence-electron chi connectivity index (χ0n) is 18.1. The smallest absolute Gasteiger partial charge is 0.331 e. The highest BCUT2D eigenvalue weighted by atomic mass is 35.5. The van der Waals surface area contributed by atoms with Crippen LogP contribution in [-0.2, 0) is 17.9 Å². The lowest BCUT2D eigenvalue weighted by Crippen LogP contribution is -2.40. The first kappa shape index (κ1) is 22.3. The Bertz CT molecular complexity index is 1230. The maximum atomic E-state index is 13.3. The number of hydrogen-bond acceptors (Lipinski definition) is 3. The van der Waals surface area contributed by atoms with Gasteiger partial charge in [0.1, 0.15) is 0 Å². The third-order valence-electron chi connectivity index (χ3n) is 6.12. The van der Waals surface area contributed by atoms with Gasteiger partial charge in [0.25, 0.3) is 5.56 Å². The molecule has 0 radical (unpaired) electrons. The van der Waals surface area contributed by atoms with Crippen LogP contribution in [0, 0.1) is 0 Å². The third kappa shape index (κ3) is 5.13. The number of hydrogen-bond donors (Lipinski definition) is 1. The minimum absolute atomic E-state index is 0.0566. The number of nitrogens with one attached hydrogen (secondary N) is 1. The van der Waals surface area contributed by atoms with Gasteiger partial charge in [-0.05, 0) is 55.5 Å². The summed E-state index contributed by atoms with van der Waals surface area (Å²) in [6, 6.07) is 14.8. The van der Waals surface area contributed by atoms with E-state index in [0.29, 0.717) is 47.8 Å². The number of carbonyl (C=O) groups is 1. The average molecular weight is 454 g/mol. The summed E-state index contributed by atoms with van der Waals surface area (Å²) in [4.78, 5) is 38.4. The molecule has 7 heteroatoms. The van der Waals surface area contributed by atoms with Crippen molar-refractivity contribution in [3.05, 3.63) is 80.0 Å². The van der Waals surface area contributed by atoms with E-state index >= 15 is 0 Å². The van der Waals surface area contributed by atoms with Gasteiger partial charge < -0.3 is 5.32 Å². The molecule has 168 valence electrons. The Balaban J connectivity index is 1.51. The van der Waals surface area contributed by atoms with Gasteiger partial charge in [-0.1, -0.05) is 48.7 Å². The van der Waals surface area contributed by atoms with Crippen LogP contribution >= 0.6 is 11.6 Å². The number of rotatable bonds is 8. The van der Waals surface area contributed by atoms with Crippen LogP contribution < -0.4 is 16.6 Å². The lowest BCUT2D eigenvalue weighted by atomic mass is 10.2. The quantitative estimate of drug-likeness (QED) is 0.522. The Hall–Kier alpha value is -2.86. The van der Waals surface area contributed by atoms with Gasteiger partial charge in [-0.3, -0.25) is 18.7 Å². The minimum atomic E-state index is -0.343. The van der Waals surface area contributed by atoms with Crippen molar-refractivity contribution < 1.29 is 4.79 Å². The van der Waals surface area contributed by atoms with E-state index in [1.165, 1.54) is 17.4 Å². The molecule has 0 spiro atoms. The molecule has 1 amide bonds. The molecule has 1 N–H and O–H groups in total. The topological polar surface area (TPSA) is 73.1 Å². The minimum Gasteiger partial charge on any atom is -0.353 e. The third-order valence-corrected chi connectivity index (χ3v) is 6.35. The lowest BCUT2D eigenvalue weighted by Gasteiger charge is -2.15. The van der Waals surface area contributed by atoms with Crippen LogP contribution in [0.2, 0.25) is 5.02 Å². The first-order chi connectivity index (χ1) is 15.5. The van der Waals surface area contributed by atoms with E-state index in [4.69, 9.17) is 11.6 Å². The standard InChI is InChI=1S/C25H28ClN3O3/c26-19-9-7-8-18(16-19)17-29-22-13-4-3-12-21(22)24(31)28(25(29)32)15-6-5-14-23(30)27-20-10-1-2-11-20/h3-4,7-9,12-13,16,20H,1-2,5-6,10-11,14-15,17H2,(H,27,30). The number of benzene rings is 2. The number of unbranched alkanes of at least 4 members (excludes halogenated alkanes) is 1. The highest BCUT2D eigenvalue weighted by molar-refractivity contribution is 6.30. The summed E-state index contributed by atoms with van der Waals surface area (Å²) >= 11 is 6.11. The molecule has 4 rings (SSSR count). The normalized spacial score (nSPS) is 14.2. The predicted molar refractivity (Wildman–Crippen MR) is 127 cm³/mol. The number of nitrogens with zero attached hydrogens (tertiary/aromatic N) is 2. The molecule has 1 saturated carbocycles. The van der Waals surface area contributed by atoms with Crippen LogP contribution in [0.15, 0.2) is 58.1 Å². The highest BCUT2D eigenvalue weighted by Crippen LogP contribution is 2.18. The number of halogens is 1. The molecular formula is C25H28ClN3O3. The van der Waals surface area contributed by atoms with Gasteiger partial charge >= 0.3 is 5.69 Å². The Morgan fingerprint density at radius 1 is 1.00 bits per heavy atom. The van der Waals surface area contributed by atoms with E-state index in [9.17, 15) is 14.4 Å². The molecule has 0 aliphatic heterocycles. The largest absolute Gasteiger partial charge is 0.353 e. The molecule has 0 unspecified atom stereocenters. The van der Waals surface area contributed by atoms with Crippen molar-refractivity contribution in [2.24, 2.45) is 0 Å². The Kier molecular flexibility index (Phi) is 7.10. The summed E-state index contributed by atoms with van der Waals surface area (Å²) in [6.45, 7) is 0.610. The number of carbonyl (C=O) groups excluding carboxylic acids is 1. The van der Waals surface area contributed by atoms with Crippen molar-refractivity contribution in [2.75, 3.05) is 0 Å². The van der Waals surface area contributed by atoms with Gasteiger partial charge in [0, 0.05) is 24.0 Å². The number of aromatic nitrogens is 2. The van der Waals surface area contributed by atoms with Crippen molar-refractivity contribution >= 4 is 28.4 Å². The SMILES string of the molecule is O=C(CCCCn1c(=O)c2ccccc2n(Cc2cccc(Cl)c2)c1=O)NC1CCCC1. The lowest BCUT2D eigenvalue weighted by molar-refractivity contribution is -0.121. The van der Waals surface area contributed by atoms with E-state index < -0.39 is 0 Å². The van der Waals surface area contributed by atoms with E-state index in [1.807, 2.05) is 24.3 Å². The zero-order chi connectivity index (χ0) is 22.5. The van der Waals surface area contributed by atoms with Crippen LogP contribution in [-0.4, -0.2) is 21.1 Å². The second-order valence-electron chi connectivity index (χ2n) is 8.48. The van der Waals surface area contributed by atoms with Gasteiger partial charge in [-0.2, -0.15) is 0 Å². The van der Waals surface area contributed by atoms with Gasteiger partial charge in [-0.25, -0.2) is 4.79 Å². The maximum absolute atomic E-state index is 13.3. The Labute approximate surface area is 191 Å². The Morgan fingerprint density at radius 3 is 2.56 bits per heavy atom. The fourth-order valence-electron chi connectivity index (χ4n) is 4.46. The van der Waals surface area contributed by atoms with Crippen molar-refractivity contribution in [3.8, 4) is 0 Å². The van der Waals surface area contributed by atoms with Crippen LogP contribution in [0.1, 0.15) is 50.5 Å². The van der Waals surface area contributed by atoms with E-state index in [1.54, 1.807) is 28.8 Å². The molecule has 2 aromatic carbocycles. The molecule has 32 heavy (non-hydrogen) atoms. The van der Waals surface area contributed by atoms with Gasteiger partial charge in [0.05, 0.1) is 17.4 Å². The molecular weight excluding hydrogens is 426 g/mol. The van der Waals surface area contributed by atoms with Gasteiger partial charge in [0.2, 0.25) is 5.91 Å². The fourth-order valence-corrected chi connectivity index (χ4v) is 4.68. The Morgan fingerprint density at radius 2 is 1.78 bits per heavy atom. The summed E-state index contributed by atoms with van der Waals surface area (Å²) in [5.74, 6) is 0.0566. The molecule has 0 bridgehead atoms. The summed E-state index contributed by atoms with van der Waals surface area (Å²) in [7, 11) is 0. The van der Waals surface area contributed by atoms with E-state index in [2.05, 4.69) is 5.32 Å². The first-order valence-electron chi connectivity index (χ1n) is 11.3. The van der Waals surface area contributed by atoms with Crippen molar-refractivity contribution in [3.63, 3.8) is 0 Å². The van der Waals surface area contributed by atoms with E-state index in [-0.39, 0.29) is 23.7 Å². The van der Waals surface area contributed by atoms with Gasteiger partial charge in [-0.15, -0.1) is 0 Å². The summed E-state index contributed by atoms with van der Waals surface area (Å²) in [5.41, 5.74) is 0.862. The van der Waals surface area contributed by atoms with Crippen LogP contribution in [0.25, 0.3) is 10.9 Å². The predicted octanol–water partition coefficient (Wildman–Crippen LogP) is 4.09. The average Bonchev–Trinajstić information content (AvgIpc) is 3.29. The summed E-state index contributed by atoms with van der Waals surface area (Å²) in [6.07, 6.45) is 6.10. The molecule has 3 aromatic rings. The second-order valence-corrected chi connectivity index (χ2v) is 8.92. The van der Waals surface area contributed by atoms with Crippen LogP contribution in [0.4, 0.5) is 0 Å². The second kappa shape index (κ2) is 10.2. The monoisotopic (exact) mass is 453 g/mol. The molecule has 1 fully saturated rings. The molecule has 0 atom stereocenters. The molecule has 1 aliphatic carbocycles. The van der Waals surface area contributed by atoms with Crippen molar-refractivity contribution in [2.45, 2.75) is 64.1 Å². The van der Waals surface area contributed by atoms with E-state index in [0.717, 1.165) is 18.4 Å². The first-order valence-corrected chi connectivity index (χ1v) is 11.7. The molecule has 1 aromatic heterocycles. The fraction of sp³-hybridized carbons (Fsp3) is 0.400. The van der Waals surface area contributed by atoms with Gasteiger partial charge in [0.15, 0.2) is 0 Å². The van der Waals surface area contributed by atoms with Crippen molar-refractivity contribution in [1.82, 2.24) is 14.5 Å². The molecule has 1 aliphatic rings. The molecule has 1 heterocycles. The maximum Gasteiger partial charge on any atom is 0.331 e. The van der Waals surface area contributed by atoms with Crippen molar-refractivity contribution in [1.29, 1.82) is 0 Å². The van der Waals surface area contributed by atoms with Crippen LogP contribution in [0.3, 0.4) is 0 Å². The summed E-state index contributed by atoms with van der Waals surface area (Å²) in [5, 5.41) is 4.19.